The standard InChI is InChI=1S/C8H12N2/c1-2-6-4-7-5(1)3-8(6)10-9-7/h5-8H,1-4H2/t5-,6-,7-,8+/m0/s1. The maximum Gasteiger partial charge on any atom is 0.0740 e. The molecule has 4 bridgehead atoms. The van der Waals surface area contributed by atoms with Crippen LogP contribution in [0.4, 0.5) is 0 Å². The predicted octanol–water partition coefficient (Wildman–Crippen LogP) is 2.01. The first-order valence-electron chi connectivity index (χ1n) is 4.33. The van der Waals surface area contributed by atoms with Crippen molar-refractivity contribution in [1.82, 2.24) is 0 Å². The van der Waals surface area contributed by atoms with Gasteiger partial charge >= 0.3 is 0 Å². The SMILES string of the molecule is C1C[C@H]2C[C@@H]3N=N[C@@H]2C[C@H]13. The molecule has 2 aliphatic heterocycles. The van der Waals surface area contributed by atoms with Crippen molar-refractivity contribution in [2.75, 3.05) is 0 Å². The molecule has 0 aromatic heterocycles. The summed E-state index contributed by atoms with van der Waals surface area (Å²) in [7, 11) is 0. The third-order valence-electron chi connectivity index (χ3n) is 3.45. The van der Waals surface area contributed by atoms with Crippen LogP contribution in [0, 0.1) is 11.8 Å². The van der Waals surface area contributed by atoms with Gasteiger partial charge in [-0.1, -0.05) is 0 Å². The molecule has 2 heterocycles. The van der Waals surface area contributed by atoms with Gasteiger partial charge in [-0.2, -0.15) is 10.2 Å². The Morgan fingerprint density at radius 3 is 1.60 bits per heavy atom. The van der Waals surface area contributed by atoms with E-state index in [0.29, 0.717) is 12.1 Å². The molecule has 3 saturated carbocycles. The lowest BCUT2D eigenvalue weighted by atomic mass is 9.65. The van der Waals surface area contributed by atoms with E-state index in [4.69, 9.17) is 0 Å². The lowest BCUT2D eigenvalue weighted by Crippen LogP contribution is -2.45. The van der Waals surface area contributed by atoms with Gasteiger partial charge in [0.15, 0.2) is 0 Å². The van der Waals surface area contributed by atoms with Crippen molar-refractivity contribution in [3.05, 3.63) is 0 Å². The summed E-state index contributed by atoms with van der Waals surface area (Å²) in [5, 5.41) is 8.61. The van der Waals surface area contributed by atoms with E-state index in [1.807, 2.05) is 0 Å². The maximum atomic E-state index is 4.31. The Hall–Kier alpha value is -0.400. The molecule has 0 N–H and O–H groups in total. The monoisotopic (exact) mass is 136 g/mol. The maximum absolute atomic E-state index is 4.31. The van der Waals surface area contributed by atoms with Gasteiger partial charge in [0.25, 0.3) is 0 Å². The Bertz CT molecular complexity index is 168. The summed E-state index contributed by atoms with van der Waals surface area (Å²) in [6.45, 7) is 0. The second-order valence-electron chi connectivity index (χ2n) is 3.93. The predicted molar refractivity (Wildman–Crippen MR) is 37.9 cm³/mol. The van der Waals surface area contributed by atoms with Gasteiger partial charge in [0, 0.05) is 0 Å². The average Bonchev–Trinajstić information content (AvgIpc) is 2.05. The van der Waals surface area contributed by atoms with Crippen LogP contribution in [0.15, 0.2) is 10.2 Å². The molecule has 10 heavy (non-hydrogen) atoms. The third kappa shape index (κ3) is 0.505. The molecule has 0 saturated heterocycles. The average molecular weight is 136 g/mol. The number of rotatable bonds is 0. The largest absolute Gasteiger partial charge is 0.190 e. The van der Waals surface area contributed by atoms with E-state index in [2.05, 4.69) is 10.2 Å². The number of hydrogen-bond donors (Lipinski definition) is 0. The molecule has 5 aliphatic rings. The van der Waals surface area contributed by atoms with Gasteiger partial charge in [-0.05, 0) is 37.5 Å². The van der Waals surface area contributed by atoms with Gasteiger partial charge in [-0.25, -0.2) is 0 Å². The first-order valence-corrected chi connectivity index (χ1v) is 4.33. The highest BCUT2D eigenvalue weighted by atomic mass is 15.2. The molecule has 54 valence electrons. The molecule has 0 amide bonds. The molecule has 0 aromatic carbocycles. The summed E-state index contributed by atoms with van der Waals surface area (Å²) in [5.41, 5.74) is 0. The van der Waals surface area contributed by atoms with E-state index in [9.17, 15) is 0 Å². The topological polar surface area (TPSA) is 24.7 Å². The smallest absolute Gasteiger partial charge is 0.0740 e. The molecule has 0 spiro atoms. The fourth-order valence-corrected chi connectivity index (χ4v) is 2.82. The molecule has 2 heteroatoms. The van der Waals surface area contributed by atoms with Crippen LogP contribution in [0.5, 0.6) is 0 Å². The molecule has 5 rings (SSSR count). The van der Waals surface area contributed by atoms with E-state index in [0.717, 1.165) is 11.8 Å². The Labute approximate surface area is 60.7 Å². The van der Waals surface area contributed by atoms with Crippen molar-refractivity contribution in [1.29, 1.82) is 0 Å². The van der Waals surface area contributed by atoms with E-state index < -0.39 is 0 Å². The molecule has 4 atom stereocenters. The van der Waals surface area contributed by atoms with Crippen LogP contribution in [0.2, 0.25) is 0 Å². The van der Waals surface area contributed by atoms with E-state index in [1.54, 1.807) is 0 Å². The summed E-state index contributed by atoms with van der Waals surface area (Å²) < 4.78 is 0. The van der Waals surface area contributed by atoms with Crippen LogP contribution < -0.4 is 0 Å². The molecule has 3 fully saturated rings. The first kappa shape index (κ1) is 5.28. The number of azo groups is 1. The third-order valence-corrected chi connectivity index (χ3v) is 3.45. The van der Waals surface area contributed by atoms with E-state index >= 15 is 0 Å². The van der Waals surface area contributed by atoms with Gasteiger partial charge in [0.05, 0.1) is 12.1 Å². The zero-order chi connectivity index (χ0) is 6.55. The highest BCUT2D eigenvalue weighted by molar-refractivity contribution is 5.00. The second kappa shape index (κ2) is 1.60. The van der Waals surface area contributed by atoms with Crippen LogP contribution in [0.3, 0.4) is 0 Å². The first-order chi connectivity index (χ1) is 4.93. The zero-order valence-electron chi connectivity index (χ0n) is 6.03. The van der Waals surface area contributed by atoms with Crippen molar-refractivity contribution in [2.45, 2.75) is 37.8 Å². The van der Waals surface area contributed by atoms with Crippen molar-refractivity contribution in [3.63, 3.8) is 0 Å². The highest BCUT2D eigenvalue weighted by Gasteiger charge is 2.44. The van der Waals surface area contributed by atoms with Crippen LogP contribution in [0.25, 0.3) is 0 Å². The molecule has 0 aromatic rings. The minimum atomic E-state index is 0.642. The summed E-state index contributed by atoms with van der Waals surface area (Å²) in [5.74, 6) is 1.85. The molecule has 0 unspecified atom stereocenters. The molecule has 3 aliphatic carbocycles. The number of hydrogen-bond acceptors (Lipinski definition) is 2. The van der Waals surface area contributed by atoms with Crippen LogP contribution in [-0.2, 0) is 0 Å². The summed E-state index contributed by atoms with van der Waals surface area (Å²) in [6, 6.07) is 1.28. The van der Waals surface area contributed by atoms with Crippen LogP contribution in [0.1, 0.15) is 25.7 Å². The zero-order valence-corrected chi connectivity index (χ0v) is 6.03. The summed E-state index contributed by atoms with van der Waals surface area (Å²) >= 11 is 0. The van der Waals surface area contributed by atoms with Crippen LogP contribution >= 0.6 is 0 Å². The number of nitrogens with zero attached hydrogens (tertiary/aromatic N) is 2. The van der Waals surface area contributed by atoms with Crippen molar-refractivity contribution in [3.8, 4) is 0 Å². The lowest BCUT2D eigenvalue weighted by molar-refractivity contribution is 0.0854. The minimum absolute atomic E-state index is 0.642. The minimum Gasteiger partial charge on any atom is -0.190 e. The second-order valence-corrected chi connectivity index (χ2v) is 3.93. The van der Waals surface area contributed by atoms with E-state index in [-0.39, 0.29) is 0 Å². The molecule has 0 radical (unpaired) electrons. The fourth-order valence-electron chi connectivity index (χ4n) is 2.82. The van der Waals surface area contributed by atoms with Gasteiger partial charge in [-0.15, -0.1) is 0 Å². The van der Waals surface area contributed by atoms with E-state index in [1.165, 1.54) is 25.7 Å². The van der Waals surface area contributed by atoms with Crippen molar-refractivity contribution >= 4 is 0 Å². The molecular formula is C8H12N2. The van der Waals surface area contributed by atoms with Gasteiger partial charge in [0.2, 0.25) is 0 Å². The fraction of sp³-hybridized carbons (Fsp3) is 1.00. The van der Waals surface area contributed by atoms with Crippen LogP contribution in [-0.4, -0.2) is 12.1 Å². The number of fused-ring (bicyclic) bond motifs is 1. The van der Waals surface area contributed by atoms with Crippen molar-refractivity contribution in [2.24, 2.45) is 22.1 Å². The summed E-state index contributed by atoms with van der Waals surface area (Å²) in [4.78, 5) is 0. The summed E-state index contributed by atoms with van der Waals surface area (Å²) in [6.07, 6.45) is 5.59. The van der Waals surface area contributed by atoms with Gasteiger partial charge < -0.3 is 0 Å². The molecular weight excluding hydrogens is 124 g/mol. The van der Waals surface area contributed by atoms with Gasteiger partial charge in [0.1, 0.15) is 0 Å². The Balaban J connectivity index is 2.04. The Kier molecular flexibility index (Phi) is 0.846. The quantitative estimate of drug-likeness (QED) is 0.486. The lowest BCUT2D eigenvalue weighted by Gasteiger charge is -2.46. The molecule has 2 nitrogen and oxygen atoms in total. The van der Waals surface area contributed by atoms with Crippen molar-refractivity contribution < 1.29 is 0 Å². The van der Waals surface area contributed by atoms with Gasteiger partial charge in [-0.3, -0.25) is 0 Å². The Morgan fingerprint density at radius 2 is 1.30 bits per heavy atom. The highest BCUT2D eigenvalue weighted by Crippen LogP contribution is 2.47. The Morgan fingerprint density at radius 1 is 0.800 bits per heavy atom. The normalized spacial score (nSPS) is 56.0.